The monoisotopic (exact) mass is 256 g/mol. The lowest BCUT2D eigenvalue weighted by Crippen LogP contribution is -2.40. The molecule has 0 radical (unpaired) electrons. The number of nitrogens with one attached hydrogen (secondary N) is 1. The number of nitrogens with zero attached hydrogens (tertiary/aromatic N) is 1. The predicted octanol–water partition coefficient (Wildman–Crippen LogP) is 1.59. The van der Waals surface area contributed by atoms with E-state index in [1.54, 1.807) is 0 Å². The minimum Gasteiger partial charge on any atom is -0.342 e. The fraction of sp³-hybridized carbons (Fsp3) is 0.923. The average Bonchev–Trinajstić information content (AvgIpc) is 3.02. The van der Waals surface area contributed by atoms with Crippen molar-refractivity contribution in [2.75, 3.05) is 32.1 Å². The molecular formula is C13H24N2OS. The number of hydrogen-bond acceptors (Lipinski definition) is 3. The number of thioether (sulfide) groups is 1. The zero-order chi connectivity index (χ0) is 12.5. The highest BCUT2D eigenvalue weighted by Gasteiger charge is 2.58. The minimum absolute atomic E-state index is 0.318. The van der Waals surface area contributed by atoms with Gasteiger partial charge in [-0.25, -0.2) is 0 Å². The van der Waals surface area contributed by atoms with Crippen molar-refractivity contribution in [3.63, 3.8) is 0 Å². The van der Waals surface area contributed by atoms with Crippen LogP contribution >= 0.6 is 11.8 Å². The summed E-state index contributed by atoms with van der Waals surface area (Å²) >= 11 is 1.81. The van der Waals surface area contributed by atoms with Crippen molar-refractivity contribution in [3.05, 3.63) is 0 Å². The first-order chi connectivity index (χ1) is 8.10. The Hall–Kier alpha value is -0.220. The topological polar surface area (TPSA) is 32.3 Å². The molecule has 2 fully saturated rings. The van der Waals surface area contributed by atoms with Gasteiger partial charge in [0.15, 0.2) is 0 Å². The molecule has 1 aliphatic carbocycles. The Morgan fingerprint density at radius 3 is 2.76 bits per heavy atom. The smallest absolute Gasteiger partial charge is 0.226 e. The lowest BCUT2D eigenvalue weighted by Gasteiger charge is -2.28. The normalized spacial score (nSPS) is 27.8. The molecule has 0 aromatic carbocycles. The van der Waals surface area contributed by atoms with Gasteiger partial charge in [0.2, 0.25) is 5.91 Å². The Morgan fingerprint density at radius 2 is 2.18 bits per heavy atom. The molecule has 1 heterocycles. The first-order valence-corrected chi connectivity index (χ1v) is 7.96. The third-order valence-electron chi connectivity index (χ3n) is 4.50. The second-order valence-corrected chi connectivity index (χ2v) is 6.53. The molecule has 1 amide bonds. The Kier molecular flexibility index (Phi) is 4.03. The molecule has 4 heteroatoms. The van der Waals surface area contributed by atoms with Crippen LogP contribution in [0.4, 0.5) is 0 Å². The van der Waals surface area contributed by atoms with Crippen molar-refractivity contribution in [3.8, 4) is 0 Å². The van der Waals surface area contributed by atoms with Crippen LogP contribution in [0.2, 0.25) is 0 Å². The van der Waals surface area contributed by atoms with Crippen LogP contribution in [0.3, 0.4) is 0 Å². The molecule has 1 spiro atoms. The van der Waals surface area contributed by atoms with E-state index in [0.29, 0.717) is 23.3 Å². The highest BCUT2D eigenvalue weighted by molar-refractivity contribution is 7.98. The van der Waals surface area contributed by atoms with Gasteiger partial charge in [-0.05, 0) is 50.9 Å². The van der Waals surface area contributed by atoms with Crippen molar-refractivity contribution >= 4 is 17.7 Å². The summed E-state index contributed by atoms with van der Waals surface area (Å²) in [5, 5.41) is 3.38. The van der Waals surface area contributed by atoms with Crippen molar-refractivity contribution in [2.24, 2.45) is 11.3 Å². The average molecular weight is 256 g/mol. The molecule has 1 aliphatic heterocycles. The van der Waals surface area contributed by atoms with Gasteiger partial charge in [-0.15, -0.1) is 0 Å². The number of hydrogen-bond donors (Lipinski definition) is 1. The van der Waals surface area contributed by atoms with Crippen LogP contribution in [0, 0.1) is 11.3 Å². The van der Waals surface area contributed by atoms with Gasteiger partial charge in [-0.1, -0.05) is 0 Å². The van der Waals surface area contributed by atoms with Crippen LogP contribution in [0.25, 0.3) is 0 Å². The second kappa shape index (κ2) is 5.19. The number of amides is 1. The standard InChI is InChI=1S/C13H24N2OS/c1-10(9-17-3)15(2)12(16)11-8-13(11)4-6-14-7-5-13/h10-11,14H,4-9H2,1-3H3. The van der Waals surface area contributed by atoms with Gasteiger partial charge in [0.1, 0.15) is 0 Å². The fourth-order valence-electron chi connectivity index (χ4n) is 2.99. The van der Waals surface area contributed by atoms with E-state index in [0.717, 1.165) is 25.3 Å². The number of carbonyl (C=O) groups is 1. The molecule has 2 rings (SSSR count). The van der Waals surface area contributed by atoms with Crippen molar-refractivity contribution in [2.45, 2.75) is 32.2 Å². The van der Waals surface area contributed by atoms with E-state index < -0.39 is 0 Å². The third kappa shape index (κ3) is 2.63. The van der Waals surface area contributed by atoms with Crippen molar-refractivity contribution in [1.29, 1.82) is 0 Å². The van der Waals surface area contributed by atoms with E-state index in [4.69, 9.17) is 0 Å². The lowest BCUT2D eigenvalue weighted by molar-refractivity contribution is -0.133. The molecule has 1 saturated heterocycles. The SMILES string of the molecule is CSCC(C)N(C)C(=O)C1CC12CCNCC2. The summed E-state index contributed by atoms with van der Waals surface area (Å²) in [6.45, 7) is 4.33. The second-order valence-electron chi connectivity index (χ2n) is 5.62. The first-order valence-electron chi connectivity index (χ1n) is 6.57. The molecule has 2 aliphatic rings. The molecule has 0 aromatic rings. The van der Waals surface area contributed by atoms with Gasteiger partial charge in [-0.2, -0.15) is 11.8 Å². The van der Waals surface area contributed by atoms with E-state index in [2.05, 4.69) is 18.5 Å². The Labute approximate surface area is 109 Å². The zero-order valence-electron chi connectivity index (χ0n) is 11.2. The summed E-state index contributed by atoms with van der Waals surface area (Å²) in [6.07, 6.45) is 5.60. The maximum atomic E-state index is 12.4. The molecule has 2 atom stereocenters. The van der Waals surface area contributed by atoms with Crippen LogP contribution in [-0.2, 0) is 4.79 Å². The summed E-state index contributed by atoms with van der Waals surface area (Å²) in [5.41, 5.74) is 0.371. The van der Waals surface area contributed by atoms with Gasteiger partial charge < -0.3 is 10.2 Å². The largest absolute Gasteiger partial charge is 0.342 e. The van der Waals surface area contributed by atoms with Crippen LogP contribution in [0.15, 0.2) is 0 Å². The molecule has 3 nitrogen and oxygen atoms in total. The molecule has 0 aromatic heterocycles. The summed E-state index contributed by atoms with van der Waals surface area (Å²) in [6, 6.07) is 0.358. The fourth-order valence-corrected chi connectivity index (χ4v) is 3.70. The molecule has 2 unspecified atom stereocenters. The first kappa shape index (κ1) is 13.2. The predicted molar refractivity (Wildman–Crippen MR) is 73.3 cm³/mol. The van der Waals surface area contributed by atoms with Gasteiger partial charge in [0, 0.05) is 24.8 Å². The molecular weight excluding hydrogens is 232 g/mol. The van der Waals surface area contributed by atoms with E-state index in [-0.39, 0.29) is 0 Å². The minimum atomic E-state index is 0.318. The highest BCUT2D eigenvalue weighted by Crippen LogP contribution is 2.59. The van der Waals surface area contributed by atoms with E-state index in [9.17, 15) is 4.79 Å². The number of carbonyl (C=O) groups excluding carboxylic acids is 1. The zero-order valence-corrected chi connectivity index (χ0v) is 12.0. The van der Waals surface area contributed by atoms with Crippen LogP contribution in [-0.4, -0.2) is 49.0 Å². The summed E-state index contributed by atoms with van der Waals surface area (Å²) < 4.78 is 0. The Morgan fingerprint density at radius 1 is 1.53 bits per heavy atom. The quantitative estimate of drug-likeness (QED) is 0.829. The maximum absolute atomic E-state index is 12.4. The van der Waals surface area contributed by atoms with Crippen LogP contribution in [0.5, 0.6) is 0 Å². The molecule has 1 N–H and O–H groups in total. The Bertz CT molecular complexity index is 289. The lowest BCUT2D eigenvalue weighted by atomic mass is 9.91. The van der Waals surface area contributed by atoms with Gasteiger partial charge in [0.25, 0.3) is 0 Å². The molecule has 0 bridgehead atoms. The molecule has 17 heavy (non-hydrogen) atoms. The highest BCUT2D eigenvalue weighted by atomic mass is 32.2. The summed E-state index contributed by atoms with van der Waals surface area (Å²) in [4.78, 5) is 14.4. The summed E-state index contributed by atoms with van der Waals surface area (Å²) in [5.74, 6) is 1.73. The maximum Gasteiger partial charge on any atom is 0.226 e. The van der Waals surface area contributed by atoms with Crippen LogP contribution in [0.1, 0.15) is 26.2 Å². The number of rotatable bonds is 4. The molecule has 98 valence electrons. The van der Waals surface area contributed by atoms with Gasteiger partial charge >= 0.3 is 0 Å². The Balaban J connectivity index is 1.89. The molecule has 1 saturated carbocycles. The number of piperidine rings is 1. The van der Waals surface area contributed by atoms with Crippen molar-refractivity contribution < 1.29 is 4.79 Å². The van der Waals surface area contributed by atoms with Gasteiger partial charge in [-0.3, -0.25) is 4.79 Å². The van der Waals surface area contributed by atoms with E-state index in [1.165, 1.54) is 12.8 Å². The third-order valence-corrected chi connectivity index (χ3v) is 5.32. The van der Waals surface area contributed by atoms with Gasteiger partial charge in [0.05, 0.1) is 0 Å². The summed E-state index contributed by atoms with van der Waals surface area (Å²) in [7, 11) is 1.97. The van der Waals surface area contributed by atoms with Crippen LogP contribution < -0.4 is 5.32 Å². The van der Waals surface area contributed by atoms with E-state index >= 15 is 0 Å². The van der Waals surface area contributed by atoms with Crippen molar-refractivity contribution in [1.82, 2.24) is 10.2 Å². The van der Waals surface area contributed by atoms with E-state index in [1.807, 2.05) is 23.7 Å².